The summed E-state index contributed by atoms with van der Waals surface area (Å²) < 4.78 is 20.2. The second-order valence-electron chi connectivity index (χ2n) is 5.90. The van der Waals surface area contributed by atoms with E-state index in [0.29, 0.717) is 24.4 Å². The molecule has 0 aliphatic carbocycles. The Balaban J connectivity index is 1.60. The zero-order chi connectivity index (χ0) is 15.0. The van der Waals surface area contributed by atoms with Gasteiger partial charge in [-0.1, -0.05) is 6.07 Å². The molecule has 1 N–H and O–H groups in total. The molecule has 0 unspecified atom stereocenters. The van der Waals surface area contributed by atoms with Crippen LogP contribution in [0.25, 0.3) is 5.69 Å². The molecule has 6 nitrogen and oxygen atoms in total. The fourth-order valence-electron chi connectivity index (χ4n) is 3.13. The predicted octanol–water partition coefficient (Wildman–Crippen LogP) is 0.581. The monoisotopic (exact) mass is 303 g/mol. The van der Waals surface area contributed by atoms with Gasteiger partial charge in [-0.15, -0.1) is 0 Å². The molecule has 1 spiro atoms. The van der Waals surface area contributed by atoms with Gasteiger partial charge in [0.15, 0.2) is 0 Å². The van der Waals surface area contributed by atoms with Crippen LogP contribution in [0.3, 0.4) is 0 Å². The standard InChI is InChI=1S/C15H18FN5O/c16-13-2-1-3-14(21-18-4-5-19-21)12(13)8-20-6-7-22-15(11-20)9-17-10-15/h1-5,17H,6-11H2. The van der Waals surface area contributed by atoms with Crippen molar-refractivity contribution in [2.45, 2.75) is 12.1 Å². The Hall–Kier alpha value is -1.83. The first-order chi connectivity index (χ1) is 10.8. The molecule has 22 heavy (non-hydrogen) atoms. The molecule has 3 heterocycles. The lowest BCUT2D eigenvalue weighted by molar-refractivity contribution is -0.137. The fraction of sp³-hybridized carbons (Fsp3) is 0.467. The van der Waals surface area contributed by atoms with E-state index in [9.17, 15) is 4.39 Å². The van der Waals surface area contributed by atoms with Crippen LogP contribution >= 0.6 is 0 Å². The summed E-state index contributed by atoms with van der Waals surface area (Å²) in [6.07, 6.45) is 3.19. The topological polar surface area (TPSA) is 55.2 Å². The van der Waals surface area contributed by atoms with Crippen molar-refractivity contribution in [2.75, 3.05) is 32.8 Å². The normalized spacial score (nSPS) is 21.0. The largest absolute Gasteiger partial charge is 0.370 e. The molecule has 2 aliphatic heterocycles. The smallest absolute Gasteiger partial charge is 0.129 e. The highest BCUT2D eigenvalue weighted by Crippen LogP contribution is 2.25. The van der Waals surface area contributed by atoms with E-state index in [1.807, 2.05) is 6.07 Å². The summed E-state index contributed by atoms with van der Waals surface area (Å²) in [4.78, 5) is 3.72. The average molecular weight is 303 g/mol. The molecule has 7 heteroatoms. The summed E-state index contributed by atoms with van der Waals surface area (Å²) in [6, 6.07) is 5.02. The van der Waals surface area contributed by atoms with Crippen LogP contribution in [-0.2, 0) is 11.3 Å². The predicted molar refractivity (Wildman–Crippen MR) is 78.1 cm³/mol. The summed E-state index contributed by atoms with van der Waals surface area (Å²) in [7, 11) is 0. The quantitative estimate of drug-likeness (QED) is 0.899. The van der Waals surface area contributed by atoms with Crippen molar-refractivity contribution in [1.29, 1.82) is 0 Å². The van der Waals surface area contributed by atoms with E-state index in [1.165, 1.54) is 10.9 Å². The molecule has 2 aromatic rings. The number of hydrogen-bond donors (Lipinski definition) is 1. The average Bonchev–Trinajstić information content (AvgIpc) is 3.02. The molecular formula is C15H18FN5O. The SMILES string of the molecule is Fc1cccc(-n2nccn2)c1CN1CCOC2(CNC2)C1. The third kappa shape index (κ3) is 2.41. The maximum atomic E-state index is 14.3. The maximum absolute atomic E-state index is 14.3. The minimum absolute atomic E-state index is 0.0897. The van der Waals surface area contributed by atoms with Gasteiger partial charge in [0.05, 0.1) is 24.7 Å². The van der Waals surface area contributed by atoms with Gasteiger partial charge in [-0.2, -0.15) is 15.0 Å². The van der Waals surface area contributed by atoms with E-state index in [1.54, 1.807) is 18.5 Å². The molecule has 4 rings (SSSR count). The van der Waals surface area contributed by atoms with Gasteiger partial charge in [-0.3, -0.25) is 4.90 Å². The minimum atomic E-state index is -0.220. The lowest BCUT2D eigenvalue weighted by atomic mass is 9.94. The third-order valence-electron chi connectivity index (χ3n) is 4.33. The highest BCUT2D eigenvalue weighted by atomic mass is 19.1. The lowest BCUT2D eigenvalue weighted by Crippen LogP contribution is -2.68. The number of nitrogens with zero attached hydrogens (tertiary/aromatic N) is 4. The van der Waals surface area contributed by atoms with Crippen LogP contribution in [0.15, 0.2) is 30.6 Å². The fourth-order valence-corrected chi connectivity index (χ4v) is 3.13. The Morgan fingerprint density at radius 3 is 2.82 bits per heavy atom. The molecule has 1 aromatic carbocycles. The van der Waals surface area contributed by atoms with Crippen molar-refractivity contribution in [3.8, 4) is 5.69 Å². The van der Waals surface area contributed by atoms with Crippen molar-refractivity contribution in [3.63, 3.8) is 0 Å². The van der Waals surface area contributed by atoms with E-state index < -0.39 is 0 Å². The Morgan fingerprint density at radius 1 is 1.27 bits per heavy atom. The molecule has 1 aromatic heterocycles. The van der Waals surface area contributed by atoms with Crippen LogP contribution in [0.1, 0.15) is 5.56 Å². The number of morpholine rings is 1. The highest BCUT2D eigenvalue weighted by molar-refractivity contribution is 5.40. The molecule has 2 aliphatic rings. The van der Waals surface area contributed by atoms with Crippen LogP contribution in [0.2, 0.25) is 0 Å². The number of halogens is 1. The van der Waals surface area contributed by atoms with Crippen LogP contribution in [0.4, 0.5) is 4.39 Å². The Bertz CT molecular complexity index is 656. The second-order valence-corrected chi connectivity index (χ2v) is 5.90. The molecule has 0 bridgehead atoms. The Morgan fingerprint density at radius 2 is 2.09 bits per heavy atom. The molecule has 0 amide bonds. The molecule has 116 valence electrons. The van der Waals surface area contributed by atoms with Crippen LogP contribution < -0.4 is 5.32 Å². The summed E-state index contributed by atoms with van der Waals surface area (Å²) >= 11 is 0. The van der Waals surface area contributed by atoms with E-state index in [0.717, 1.165) is 26.2 Å². The summed E-state index contributed by atoms with van der Waals surface area (Å²) in [5, 5.41) is 11.5. The first-order valence-electron chi connectivity index (χ1n) is 7.47. The number of nitrogens with one attached hydrogen (secondary N) is 1. The zero-order valence-electron chi connectivity index (χ0n) is 12.2. The van der Waals surface area contributed by atoms with E-state index in [-0.39, 0.29) is 11.4 Å². The van der Waals surface area contributed by atoms with Crippen molar-refractivity contribution in [2.24, 2.45) is 0 Å². The van der Waals surface area contributed by atoms with Gasteiger partial charge in [-0.05, 0) is 12.1 Å². The number of ether oxygens (including phenoxy) is 1. The van der Waals surface area contributed by atoms with Gasteiger partial charge in [0, 0.05) is 38.3 Å². The second kappa shape index (κ2) is 5.42. The van der Waals surface area contributed by atoms with Gasteiger partial charge in [0.2, 0.25) is 0 Å². The van der Waals surface area contributed by atoms with Crippen molar-refractivity contribution in [1.82, 2.24) is 25.2 Å². The first-order valence-corrected chi connectivity index (χ1v) is 7.47. The minimum Gasteiger partial charge on any atom is -0.370 e. The number of benzene rings is 1. The van der Waals surface area contributed by atoms with E-state index in [4.69, 9.17) is 4.74 Å². The molecule has 2 saturated heterocycles. The zero-order valence-corrected chi connectivity index (χ0v) is 12.2. The van der Waals surface area contributed by atoms with Gasteiger partial charge in [0.25, 0.3) is 0 Å². The van der Waals surface area contributed by atoms with Crippen LogP contribution in [0, 0.1) is 5.82 Å². The van der Waals surface area contributed by atoms with Gasteiger partial charge in [0.1, 0.15) is 11.4 Å². The summed E-state index contributed by atoms with van der Waals surface area (Å²) in [6.45, 7) is 4.59. The summed E-state index contributed by atoms with van der Waals surface area (Å²) in [5.41, 5.74) is 1.23. The summed E-state index contributed by atoms with van der Waals surface area (Å²) in [5.74, 6) is -0.220. The van der Waals surface area contributed by atoms with Gasteiger partial charge >= 0.3 is 0 Å². The Kier molecular flexibility index (Phi) is 3.40. The lowest BCUT2D eigenvalue weighted by Gasteiger charge is -2.48. The number of rotatable bonds is 3. The number of aromatic nitrogens is 3. The van der Waals surface area contributed by atoms with Crippen LogP contribution in [-0.4, -0.2) is 58.3 Å². The van der Waals surface area contributed by atoms with Crippen molar-refractivity contribution >= 4 is 0 Å². The van der Waals surface area contributed by atoms with E-state index in [2.05, 4.69) is 20.4 Å². The maximum Gasteiger partial charge on any atom is 0.129 e. The number of hydrogen-bond acceptors (Lipinski definition) is 5. The molecule has 0 atom stereocenters. The Labute approximate surface area is 127 Å². The van der Waals surface area contributed by atoms with Gasteiger partial charge < -0.3 is 10.1 Å². The third-order valence-corrected chi connectivity index (χ3v) is 4.33. The highest BCUT2D eigenvalue weighted by Gasteiger charge is 2.42. The molecule has 2 fully saturated rings. The molecule has 0 saturated carbocycles. The molecule has 0 radical (unpaired) electrons. The molecular weight excluding hydrogens is 285 g/mol. The van der Waals surface area contributed by atoms with Crippen molar-refractivity contribution in [3.05, 3.63) is 42.0 Å². The van der Waals surface area contributed by atoms with Crippen molar-refractivity contribution < 1.29 is 9.13 Å². The van der Waals surface area contributed by atoms with Crippen LogP contribution in [0.5, 0.6) is 0 Å². The first kappa shape index (κ1) is 13.8. The van der Waals surface area contributed by atoms with E-state index >= 15 is 0 Å². The van der Waals surface area contributed by atoms with Gasteiger partial charge in [-0.25, -0.2) is 4.39 Å².